The molecule has 5 rings (SSSR count). The van der Waals surface area contributed by atoms with Crippen LogP contribution in [0, 0.1) is 5.82 Å². The van der Waals surface area contributed by atoms with Crippen LogP contribution in [0.3, 0.4) is 0 Å². The lowest BCUT2D eigenvalue weighted by molar-refractivity contribution is 0.236. The van der Waals surface area contributed by atoms with Gasteiger partial charge in [0.2, 0.25) is 0 Å². The molecule has 1 aliphatic heterocycles. The van der Waals surface area contributed by atoms with Crippen molar-refractivity contribution in [2.45, 2.75) is 19.5 Å². The molecule has 0 spiro atoms. The SMILES string of the molecule is O=c1[nH]c(-c2cccnc2)nc2c1CN(Cc1ncc(-c3ccc(F)cc3)[nH]1)CC2. The maximum absolute atomic E-state index is 13.1. The summed E-state index contributed by atoms with van der Waals surface area (Å²) in [6.07, 6.45) is 5.82. The number of halogens is 1. The maximum Gasteiger partial charge on any atom is 0.255 e. The molecule has 3 aromatic heterocycles. The van der Waals surface area contributed by atoms with E-state index < -0.39 is 0 Å². The first-order valence-corrected chi connectivity index (χ1v) is 9.70. The number of hydrogen-bond donors (Lipinski definition) is 2. The van der Waals surface area contributed by atoms with Crippen molar-refractivity contribution in [3.63, 3.8) is 0 Å². The van der Waals surface area contributed by atoms with Gasteiger partial charge in [-0.15, -0.1) is 0 Å². The van der Waals surface area contributed by atoms with Crippen LogP contribution in [0.25, 0.3) is 22.6 Å². The largest absolute Gasteiger partial charge is 0.341 e. The topological polar surface area (TPSA) is 90.6 Å². The summed E-state index contributed by atoms with van der Waals surface area (Å²) in [7, 11) is 0. The molecule has 0 radical (unpaired) electrons. The Morgan fingerprint density at radius 3 is 2.73 bits per heavy atom. The summed E-state index contributed by atoms with van der Waals surface area (Å²) >= 11 is 0. The van der Waals surface area contributed by atoms with Gasteiger partial charge in [-0.3, -0.25) is 14.7 Å². The Kier molecular flexibility index (Phi) is 4.68. The summed E-state index contributed by atoms with van der Waals surface area (Å²) in [5, 5.41) is 0. The van der Waals surface area contributed by atoms with Crippen LogP contribution >= 0.6 is 0 Å². The molecule has 0 fully saturated rings. The third-order valence-corrected chi connectivity index (χ3v) is 5.24. The van der Waals surface area contributed by atoms with E-state index in [9.17, 15) is 9.18 Å². The molecule has 7 nitrogen and oxygen atoms in total. The number of nitrogens with one attached hydrogen (secondary N) is 2. The highest BCUT2D eigenvalue weighted by molar-refractivity contribution is 5.58. The quantitative estimate of drug-likeness (QED) is 0.548. The Labute approximate surface area is 171 Å². The van der Waals surface area contributed by atoms with Gasteiger partial charge in [0.15, 0.2) is 0 Å². The fourth-order valence-corrected chi connectivity index (χ4v) is 3.69. The van der Waals surface area contributed by atoms with Crippen molar-refractivity contribution in [1.82, 2.24) is 29.8 Å². The second kappa shape index (κ2) is 7.64. The molecule has 0 atom stereocenters. The van der Waals surface area contributed by atoms with Crippen LogP contribution in [0.2, 0.25) is 0 Å². The number of rotatable bonds is 4. The van der Waals surface area contributed by atoms with Crippen molar-refractivity contribution in [3.8, 4) is 22.6 Å². The predicted molar refractivity (Wildman–Crippen MR) is 110 cm³/mol. The molecule has 0 bridgehead atoms. The van der Waals surface area contributed by atoms with Gasteiger partial charge in [0, 0.05) is 37.5 Å². The molecular weight excluding hydrogens is 383 g/mol. The van der Waals surface area contributed by atoms with Crippen LogP contribution in [-0.2, 0) is 19.5 Å². The first-order chi connectivity index (χ1) is 14.7. The highest BCUT2D eigenvalue weighted by Gasteiger charge is 2.22. The van der Waals surface area contributed by atoms with E-state index in [4.69, 9.17) is 0 Å². The van der Waals surface area contributed by atoms with Crippen LogP contribution in [0.4, 0.5) is 4.39 Å². The van der Waals surface area contributed by atoms with Gasteiger partial charge in [-0.25, -0.2) is 14.4 Å². The summed E-state index contributed by atoms with van der Waals surface area (Å²) in [5.74, 6) is 1.08. The minimum absolute atomic E-state index is 0.116. The normalized spacial score (nSPS) is 13.9. The van der Waals surface area contributed by atoms with Gasteiger partial charge in [0.1, 0.15) is 17.5 Å². The molecule has 30 heavy (non-hydrogen) atoms. The number of aromatic nitrogens is 5. The van der Waals surface area contributed by atoms with E-state index in [2.05, 4.69) is 29.8 Å². The molecule has 4 heterocycles. The summed E-state index contributed by atoms with van der Waals surface area (Å²) in [6, 6.07) is 9.99. The van der Waals surface area contributed by atoms with Crippen LogP contribution in [0.5, 0.6) is 0 Å². The van der Waals surface area contributed by atoms with Crippen molar-refractivity contribution in [2.24, 2.45) is 0 Å². The van der Waals surface area contributed by atoms with Crippen molar-refractivity contribution < 1.29 is 4.39 Å². The zero-order chi connectivity index (χ0) is 20.5. The molecule has 0 saturated heterocycles. The number of aromatic amines is 2. The Morgan fingerprint density at radius 1 is 1.07 bits per heavy atom. The average molecular weight is 402 g/mol. The van der Waals surface area contributed by atoms with Gasteiger partial charge in [0.05, 0.1) is 29.7 Å². The van der Waals surface area contributed by atoms with Gasteiger partial charge in [0.25, 0.3) is 5.56 Å². The van der Waals surface area contributed by atoms with E-state index >= 15 is 0 Å². The number of imidazole rings is 1. The highest BCUT2D eigenvalue weighted by atomic mass is 19.1. The van der Waals surface area contributed by atoms with Gasteiger partial charge in [-0.05, 0) is 42.0 Å². The van der Waals surface area contributed by atoms with Crippen molar-refractivity contribution in [3.05, 3.63) is 88.2 Å². The molecule has 1 aromatic carbocycles. The van der Waals surface area contributed by atoms with E-state index in [1.807, 2.05) is 12.1 Å². The van der Waals surface area contributed by atoms with E-state index in [1.54, 1.807) is 30.7 Å². The van der Waals surface area contributed by atoms with Gasteiger partial charge in [-0.2, -0.15) is 0 Å². The standard InChI is InChI=1S/C22H19FN6O/c23-16-5-3-14(4-6-16)19-11-25-20(26-19)13-29-9-7-18-17(12-29)22(30)28-21(27-18)15-2-1-8-24-10-15/h1-6,8,10-11H,7,9,12-13H2,(H,25,26)(H,27,28,30). The van der Waals surface area contributed by atoms with Crippen LogP contribution in [-0.4, -0.2) is 36.4 Å². The van der Waals surface area contributed by atoms with E-state index in [0.29, 0.717) is 30.9 Å². The number of hydrogen-bond acceptors (Lipinski definition) is 5. The average Bonchev–Trinajstić information content (AvgIpc) is 3.23. The number of benzene rings is 1. The van der Waals surface area contributed by atoms with E-state index in [1.165, 1.54) is 12.1 Å². The first-order valence-electron chi connectivity index (χ1n) is 9.70. The Hall–Kier alpha value is -3.65. The second-order valence-electron chi connectivity index (χ2n) is 7.29. The first kappa shape index (κ1) is 18.4. The number of pyridine rings is 1. The lowest BCUT2D eigenvalue weighted by Crippen LogP contribution is -2.35. The fraction of sp³-hybridized carbons (Fsp3) is 0.182. The fourth-order valence-electron chi connectivity index (χ4n) is 3.69. The lowest BCUT2D eigenvalue weighted by atomic mass is 10.1. The van der Waals surface area contributed by atoms with Crippen LogP contribution < -0.4 is 5.56 Å². The summed E-state index contributed by atoms with van der Waals surface area (Å²) in [5.41, 5.74) is 3.92. The molecule has 8 heteroatoms. The molecule has 0 saturated carbocycles. The smallest absolute Gasteiger partial charge is 0.255 e. The summed E-state index contributed by atoms with van der Waals surface area (Å²) < 4.78 is 13.1. The molecule has 2 N–H and O–H groups in total. The number of nitrogens with zero attached hydrogens (tertiary/aromatic N) is 4. The Morgan fingerprint density at radius 2 is 1.93 bits per heavy atom. The summed E-state index contributed by atoms with van der Waals surface area (Å²) in [6.45, 7) is 1.88. The van der Waals surface area contributed by atoms with Crippen LogP contribution in [0.15, 0.2) is 59.8 Å². The van der Waals surface area contributed by atoms with Crippen LogP contribution in [0.1, 0.15) is 17.1 Å². The predicted octanol–water partition coefficient (Wildman–Crippen LogP) is 2.92. The monoisotopic (exact) mass is 402 g/mol. The molecule has 0 unspecified atom stereocenters. The highest BCUT2D eigenvalue weighted by Crippen LogP contribution is 2.21. The van der Waals surface area contributed by atoms with Crippen molar-refractivity contribution >= 4 is 0 Å². The minimum atomic E-state index is -0.268. The zero-order valence-electron chi connectivity index (χ0n) is 16.1. The minimum Gasteiger partial charge on any atom is -0.341 e. The molecule has 150 valence electrons. The molecule has 0 aliphatic carbocycles. The van der Waals surface area contributed by atoms with Gasteiger partial charge >= 0.3 is 0 Å². The molecular formula is C22H19FN6O. The Bertz CT molecular complexity index is 1230. The number of H-pyrrole nitrogens is 2. The van der Waals surface area contributed by atoms with E-state index in [0.717, 1.165) is 34.9 Å². The summed E-state index contributed by atoms with van der Waals surface area (Å²) in [4.78, 5) is 34.2. The number of fused-ring (bicyclic) bond motifs is 1. The van der Waals surface area contributed by atoms with Crippen molar-refractivity contribution in [2.75, 3.05) is 6.54 Å². The Balaban J connectivity index is 1.33. The maximum atomic E-state index is 13.1. The third-order valence-electron chi connectivity index (χ3n) is 5.24. The van der Waals surface area contributed by atoms with E-state index in [-0.39, 0.29) is 11.4 Å². The lowest BCUT2D eigenvalue weighted by Gasteiger charge is -2.26. The second-order valence-corrected chi connectivity index (χ2v) is 7.29. The van der Waals surface area contributed by atoms with Gasteiger partial charge < -0.3 is 9.97 Å². The van der Waals surface area contributed by atoms with Crippen molar-refractivity contribution in [1.29, 1.82) is 0 Å². The molecule has 0 amide bonds. The molecule has 4 aromatic rings. The molecule has 1 aliphatic rings. The van der Waals surface area contributed by atoms with Gasteiger partial charge in [-0.1, -0.05) is 0 Å². The third kappa shape index (κ3) is 3.65. The zero-order valence-corrected chi connectivity index (χ0v) is 16.1.